The zero-order valence-corrected chi connectivity index (χ0v) is 14.8. The van der Waals surface area contributed by atoms with Crippen molar-refractivity contribution in [3.63, 3.8) is 0 Å². The third kappa shape index (κ3) is 3.54. The number of methoxy groups -OCH3 is 1. The average molecular weight is 353 g/mol. The van der Waals surface area contributed by atoms with Gasteiger partial charge in [0, 0.05) is 17.1 Å². The van der Waals surface area contributed by atoms with Crippen molar-refractivity contribution in [3.8, 4) is 5.69 Å². The molecule has 0 saturated carbocycles. The summed E-state index contributed by atoms with van der Waals surface area (Å²) in [6, 6.07) is 14.3. The molecule has 2 aromatic heterocycles. The molecule has 0 spiro atoms. The number of furan rings is 1. The molecule has 0 saturated heterocycles. The molecule has 0 bridgehead atoms. The van der Waals surface area contributed by atoms with Crippen LogP contribution in [0.1, 0.15) is 38.1 Å². The number of hydrogen-bond donors (Lipinski definition) is 0. The van der Waals surface area contributed by atoms with Gasteiger partial charge in [-0.15, -0.1) is 0 Å². The van der Waals surface area contributed by atoms with Crippen molar-refractivity contribution in [2.45, 2.75) is 20.5 Å². The maximum Gasteiger partial charge on any atom is 0.373 e. The van der Waals surface area contributed by atoms with E-state index in [9.17, 15) is 9.59 Å². The molecule has 0 amide bonds. The third-order valence-corrected chi connectivity index (χ3v) is 4.03. The van der Waals surface area contributed by atoms with Crippen LogP contribution < -0.4 is 0 Å². The number of carbonyl (C=O) groups is 2. The first-order valence-electron chi connectivity index (χ1n) is 8.09. The maximum atomic E-state index is 12.2. The molecule has 6 nitrogen and oxygen atoms in total. The van der Waals surface area contributed by atoms with E-state index in [1.807, 2.05) is 38.1 Å². The van der Waals surface area contributed by atoms with E-state index in [1.165, 1.54) is 13.2 Å². The SMILES string of the molecule is COC(=O)c1ccc(COC(=O)c2ccc(-n3c(C)ccc3C)cc2)o1. The molecular weight excluding hydrogens is 334 g/mol. The number of rotatable bonds is 5. The summed E-state index contributed by atoms with van der Waals surface area (Å²) < 4.78 is 17.2. The molecule has 3 rings (SSSR count). The summed E-state index contributed by atoms with van der Waals surface area (Å²) in [6.07, 6.45) is 0. The Balaban J connectivity index is 1.65. The molecule has 0 unspecified atom stereocenters. The van der Waals surface area contributed by atoms with Gasteiger partial charge in [-0.1, -0.05) is 0 Å². The van der Waals surface area contributed by atoms with Gasteiger partial charge in [0.1, 0.15) is 12.4 Å². The fourth-order valence-corrected chi connectivity index (χ4v) is 2.71. The first kappa shape index (κ1) is 17.5. The number of carbonyl (C=O) groups excluding carboxylic acids is 2. The van der Waals surface area contributed by atoms with Crippen LogP contribution in [0.4, 0.5) is 0 Å². The fourth-order valence-electron chi connectivity index (χ4n) is 2.71. The fraction of sp³-hybridized carbons (Fsp3) is 0.200. The van der Waals surface area contributed by atoms with Crippen LogP contribution in [0.5, 0.6) is 0 Å². The summed E-state index contributed by atoms with van der Waals surface area (Å²) in [4.78, 5) is 23.5. The molecule has 0 N–H and O–H groups in total. The molecule has 0 aliphatic heterocycles. The van der Waals surface area contributed by atoms with Gasteiger partial charge in [0.2, 0.25) is 5.76 Å². The van der Waals surface area contributed by atoms with E-state index in [1.54, 1.807) is 18.2 Å². The van der Waals surface area contributed by atoms with E-state index in [4.69, 9.17) is 9.15 Å². The van der Waals surface area contributed by atoms with Gasteiger partial charge < -0.3 is 18.5 Å². The summed E-state index contributed by atoms with van der Waals surface area (Å²) in [5, 5.41) is 0. The summed E-state index contributed by atoms with van der Waals surface area (Å²) in [5.74, 6) is -0.600. The second-order valence-corrected chi connectivity index (χ2v) is 5.83. The minimum absolute atomic E-state index is 0.0621. The van der Waals surface area contributed by atoms with Crippen LogP contribution in [0.3, 0.4) is 0 Å². The predicted octanol–water partition coefficient (Wildman–Crippen LogP) is 3.83. The van der Waals surface area contributed by atoms with Gasteiger partial charge in [-0.05, 0) is 62.4 Å². The minimum Gasteiger partial charge on any atom is -0.463 e. The highest BCUT2D eigenvalue weighted by atomic mass is 16.5. The second-order valence-electron chi connectivity index (χ2n) is 5.83. The molecule has 134 valence electrons. The van der Waals surface area contributed by atoms with E-state index < -0.39 is 11.9 Å². The number of esters is 2. The van der Waals surface area contributed by atoms with E-state index in [-0.39, 0.29) is 12.4 Å². The van der Waals surface area contributed by atoms with E-state index in [0.717, 1.165) is 17.1 Å². The first-order valence-corrected chi connectivity index (χ1v) is 8.09. The molecule has 0 aliphatic carbocycles. The monoisotopic (exact) mass is 353 g/mol. The molecule has 3 aromatic rings. The lowest BCUT2D eigenvalue weighted by Gasteiger charge is -2.10. The van der Waals surface area contributed by atoms with Crippen molar-refractivity contribution >= 4 is 11.9 Å². The van der Waals surface area contributed by atoms with Crippen molar-refractivity contribution in [2.75, 3.05) is 7.11 Å². The van der Waals surface area contributed by atoms with Crippen LogP contribution in [0.25, 0.3) is 5.69 Å². The lowest BCUT2D eigenvalue weighted by Crippen LogP contribution is -2.06. The zero-order valence-electron chi connectivity index (χ0n) is 14.8. The number of aromatic nitrogens is 1. The van der Waals surface area contributed by atoms with Gasteiger partial charge in [0.05, 0.1) is 12.7 Å². The molecular formula is C20H19NO5. The largest absolute Gasteiger partial charge is 0.463 e. The molecule has 1 aromatic carbocycles. The highest BCUT2D eigenvalue weighted by Gasteiger charge is 2.13. The lowest BCUT2D eigenvalue weighted by molar-refractivity contribution is 0.0438. The van der Waals surface area contributed by atoms with Crippen molar-refractivity contribution in [1.82, 2.24) is 4.57 Å². The van der Waals surface area contributed by atoms with Crippen molar-refractivity contribution in [2.24, 2.45) is 0 Å². The topological polar surface area (TPSA) is 70.7 Å². The lowest BCUT2D eigenvalue weighted by atomic mass is 10.2. The Bertz CT molecular complexity index is 914. The number of ether oxygens (including phenoxy) is 2. The molecule has 26 heavy (non-hydrogen) atoms. The molecule has 0 aliphatic rings. The Morgan fingerprint density at radius 3 is 2.19 bits per heavy atom. The average Bonchev–Trinajstić information content (AvgIpc) is 3.26. The zero-order chi connectivity index (χ0) is 18.7. The van der Waals surface area contributed by atoms with Gasteiger partial charge in [-0.25, -0.2) is 9.59 Å². The molecule has 0 fully saturated rings. The highest BCUT2D eigenvalue weighted by Crippen LogP contribution is 2.18. The van der Waals surface area contributed by atoms with Gasteiger partial charge in [0.15, 0.2) is 0 Å². The van der Waals surface area contributed by atoms with Crippen LogP contribution in [-0.4, -0.2) is 23.6 Å². The summed E-state index contributed by atoms with van der Waals surface area (Å²) >= 11 is 0. The van der Waals surface area contributed by atoms with Crippen molar-refractivity contribution in [3.05, 3.63) is 77.0 Å². The summed E-state index contributed by atoms with van der Waals surface area (Å²) in [6.45, 7) is 4.00. The first-order chi connectivity index (χ1) is 12.5. The third-order valence-electron chi connectivity index (χ3n) is 4.03. The van der Waals surface area contributed by atoms with Crippen LogP contribution in [0.2, 0.25) is 0 Å². The van der Waals surface area contributed by atoms with Crippen LogP contribution in [-0.2, 0) is 16.1 Å². The van der Waals surface area contributed by atoms with Crippen LogP contribution in [0.15, 0.2) is 52.9 Å². The Morgan fingerprint density at radius 2 is 1.58 bits per heavy atom. The van der Waals surface area contributed by atoms with Gasteiger partial charge in [-0.3, -0.25) is 0 Å². The second kappa shape index (κ2) is 7.31. The highest BCUT2D eigenvalue weighted by molar-refractivity contribution is 5.89. The van der Waals surface area contributed by atoms with E-state index in [0.29, 0.717) is 11.3 Å². The normalized spacial score (nSPS) is 10.6. The molecule has 2 heterocycles. The molecule has 0 radical (unpaired) electrons. The number of hydrogen-bond acceptors (Lipinski definition) is 5. The van der Waals surface area contributed by atoms with Gasteiger partial charge in [-0.2, -0.15) is 0 Å². The summed E-state index contributed by atoms with van der Waals surface area (Å²) in [5.41, 5.74) is 3.67. The van der Waals surface area contributed by atoms with Crippen molar-refractivity contribution < 1.29 is 23.5 Å². The van der Waals surface area contributed by atoms with E-state index in [2.05, 4.69) is 9.30 Å². The van der Waals surface area contributed by atoms with E-state index >= 15 is 0 Å². The Hall–Kier alpha value is -3.28. The van der Waals surface area contributed by atoms with Crippen molar-refractivity contribution in [1.29, 1.82) is 0 Å². The molecule has 0 atom stereocenters. The number of nitrogens with zero attached hydrogens (tertiary/aromatic N) is 1. The smallest absolute Gasteiger partial charge is 0.373 e. The Labute approximate surface area is 150 Å². The minimum atomic E-state index is -0.575. The van der Waals surface area contributed by atoms with Crippen LogP contribution >= 0.6 is 0 Å². The summed E-state index contributed by atoms with van der Waals surface area (Å²) in [7, 11) is 1.27. The predicted molar refractivity (Wildman–Crippen MR) is 94.4 cm³/mol. The standard InChI is InChI=1S/C20H19NO5/c1-13-4-5-14(2)21(13)16-8-6-15(7-9-16)19(22)25-12-17-10-11-18(26-17)20(23)24-3/h4-11H,12H2,1-3H3. The molecule has 6 heteroatoms. The maximum absolute atomic E-state index is 12.2. The number of aryl methyl sites for hydroxylation is 2. The quantitative estimate of drug-likeness (QED) is 0.652. The van der Waals surface area contributed by atoms with Gasteiger partial charge in [0.25, 0.3) is 0 Å². The number of benzene rings is 1. The Morgan fingerprint density at radius 1 is 0.923 bits per heavy atom. The van der Waals surface area contributed by atoms with Crippen LogP contribution in [0, 0.1) is 13.8 Å². The van der Waals surface area contributed by atoms with Gasteiger partial charge >= 0.3 is 11.9 Å². The Kier molecular flexibility index (Phi) is 4.93.